The highest BCUT2D eigenvalue weighted by Crippen LogP contribution is 1.97. The zero-order valence-corrected chi connectivity index (χ0v) is 12.0. The fourth-order valence-electron chi connectivity index (χ4n) is 1.31. The monoisotopic (exact) mass is 274 g/mol. The van der Waals surface area contributed by atoms with Gasteiger partial charge in [-0.15, -0.1) is 0 Å². The molecule has 0 heterocycles. The maximum absolute atomic E-state index is 12.0. The zero-order chi connectivity index (χ0) is 14.8. The van der Waals surface area contributed by atoms with Crippen LogP contribution in [0.2, 0.25) is 0 Å². The summed E-state index contributed by atoms with van der Waals surface area (Å²) in [5, 5.41) is 0. The molecule has 0 saturated carbocycles. The molecule has 110 valence electrons. The van der Waals surface area contributed by atoms with Crippen LogP contribution in [0.15, 0.2) is 0 Å². The number of carbonyl (C=O) groups excluding carboxylic acids is 3. The van der Waals surface area contributed by atoms with Crippen LogP contribution in [0.4, 0.5) is 0 Å². The number of hydrogen-bond acceptors (Lipinski definition) is 5. The fraction of sp³-hybridized carbons (Fsp3) is 0.750. The highest BCUT2D eigenvalue weighted by molar-refractivity contribution is 5.84. The standard InChI is InChI=1S/C12H22N2O5/c1-10(15)13(2)9-11(16)14(7-8-18-3)6-5-12(17)19-4/h5-9H2,1-4H3. The molecule has 0 N–H and O–H groups in total. The average Bonchev–Trinajstić information content (AvgIpc) is 2.37. The van der Waals surface area contributed by atoms with Crippen molar-refractivity contribution in [2.45, 2.75) is 13.3 Å². The summed E-state index contributed by atoms with van der Waals surface area (Å²) in [4.78, 5) is 37.0. The van der Waals surface area contributed by atoms with E-state index in [1.54, 1.807) is 7.05 Å². The van der Waals surface area contributed by atoms with Crippen molar-refractivity contribution >= 4 is 17.8 Å². The third-order valence-corrected chi connectivity index (χ3v) is 2.64. The first-order chi connectivity index (χ1) is 8.92. The van der Waals surface area contributed by atoms with Crippen molar-refractivity contribution in [1.29, 1.82) is 0 Å². The Balaban J connectivity index is 4.41. The number of esters is 1. The van der Waals surface area contributed by atoms with E-state index in [4.69, 9.17) is 4.74 Å². The molecule has 0 atom stereocenters. The Labute approximate surface area is 113 Å². The normalized spacial score (nSPS) is 9.89. The second kappa shape index (κ2) is 9.32. The van der Waals surface area contributed by atoms with Gasteiger partial charge in [0, 0.05) is 34.2 Å². The predicted octanol–water partition coefficient (Wildman–Crippen LogP) is -0.497. The Morgan fingerprint density at radius 1 is 1.11 bits per heavy atom. The molecule has 0 unspecified atom stereocenters. The molecule has 2 amide bonds. The second-order valence-electron chi connectivity index (χ2n) is 4.07. The number of likely N-dealkylation sites (N-methyl/N-ethyl adjacent to an activating group) is 1. The van der Waals surface area contributed by atoms with E-state index in [2.05, 4.69) is 4.74 Å². The van der Waals surface area contributed by atoms with Crippen molar-refractivity contribution in [2.24, 2.45) is 0 Å². The van der Waals surface area contributed by atoms with Crippen molar-refractivity contribution in [1.82, 2.24) is 9.80 Å². The van der Waals surface area contributed by atoms with Crippen molar-refractivity contribution in [3.63, 3.8) is 0 Å². The van der Waals surface area contributed by atoms with E-state index in [-0.39, 0.29) is 37.3 Å². The minimum absolute atomic E-state index is 0.0137. The number of hydrogen-bond donors (Lipinski definition) is 0. The topological polar surface area (TPSA) is 76.2 Å². The Morgan fingerprint density at radius 2 is 1.74 bits per heavy atom. The Hall–Kier alpha value is -1.63. The number of methoxy groups -OCH3 is 2. The lowest BCUT2D eigenvalue weighted by Crippen LogP contribution is -2.42. The number of rotatable bonds is 8. The lowest BCUT2D eigenvalue weighted by Gasteiger charge is -2.24. The van der Waals surface area contributed by atoms with Crippen LogP contribution in [0, 0.1) is 0 Å². The van der Waals surface area contributed by atoms with Crippen LogP contribution in [0.25, 0.3) is 0 Å². The van der Waals surface area contributed by atoms with Crippen LogP contribution in [0.1, 0.15) is 13.3 Å². The largest absolute Gasteiger partial charge is 0.469 e. The van der Waals surface area contributed by atoms with Gasteiger partial charge >= 0.3 is 5.97 Å². The summed E-state index contributed by atoms with van der Waals surface area (Å²) in [5.74, 6) is -0.790. The quantitative estimate of drug-likeness (QED) is 0.558. The van der Waals surface area contributed by atoms with E-state index in [0.717, 1.165) is 0 Å². The molecule has 7 heteroatoms. The summed E-state index contributed by atoms with van der Waals surface area (Å²) in [5.41, 5.74) is 0. The van der Waals surface area contributed by atoms with Gasteiger partial charge in [-0.3, -0.25) is 14.4 Å². The Kier molecular flexibility index (Phi) is 8.52. The van der Waals surface area contributed by atoms with E-state index in [9.17, 15) is 14.4 Å². The van der Waals surface area contributed by atoms with Gasteiger partial charge in [-0.2, -0.15) is 0 Å². The van der Waals surface area contributed by atoms with Gasteiger partial charge in [0.1, 0.15) is 0 Å². The van der Waals surface area contributed by atoms with Gasteiger partial charge in [0.2, 0.25) is 11.8 Å². The molecular weight excluding hydrogens is 252 g/mol. The summed E-state index contributed by atoms with van der Waals surface area (Å²) in [7, 11) is 4.38. The minimum Gasteiger partial charge on any atom is -0.469 e. The molecule has 0 aromatic carbocycles. The van der Waals surface area contributed by atoms with Crippen LogP contribution < -0.4 is 0 Å². The average molecular weight is 274 g/mol. The van der Waals surface area contributed by atoms with Gasteiger partial charge in [-0.25, -0.2) is 0 Å². The number of carbonyl (C=O) groups is 3. The summed E-state index contributed by atoms with van der Waals surface area (Å²) in [6, 6.07) is 0. The van der Waals surface area contributed by atoms with Gasteiger partial charge in [-0.05, 0) is 0 Å². The molecule has 0 rings (SSSR count). The summed E-state index contributed by atoms with van der Waals surface area (Å²) in [6.07, 6.45) is 0.121. The summed E-state index contributed by atoms with van der Waals surface area (Å²) < 4.78 is 9.45. The lowest BCUT2D eigenvalue weighted by atomic mass is 10.3. The van der Waals surface area contributed by atoms with Gasteiger partial charge in [-0.1, -0.05) is 0 Å². The van der Waals surface area contributed by atoms with Gasteiger partial charge < -0.3 is 19.3 Å². The van der Waals surface area contributed by atoms with E-state index in [0.29, 0.717) is 13.2 Å². The molecule has 0 radical (unpaired) electrons. The molecule has 0 spiro atoms. The van der Waals surface area contributed by atoms with Crippen molar-refractivity contribution in [2.75, 3.05) is 47.5 Å². The van der Waals surface area contributed by atoms with Gasteiger partial charge in [0.15, 0.2) is 0 Å². The first kappa shape index (κ1) is 17.4. The second-order valence-corrected chi connectivity index (χ2v) is 4.07. The molecule has 0 aliphatic carbocycles. The molecule has 7 nitrogen and oxygen atoms in total. The SMILES string of the molecule is COCCN(CCC(=O)OC)C(=O)CN(C)C(C)=O. The molecule has 19 heavy (non-hydrogen) atoms. The molecule has 0 bridgehead atoms. The maximum Gasteiger partial charge on any atom is 0.307 e. The van der Waals surface area contributed by atoms with Crippen LogP contribution in [-0.2, 0) is 23.9 Å². The molecule has 0 aromatic heterocycles. The van der Waals surface area contributed by atoms with Crippen molar-refractivity contribution in [3.05, 3.63) is 0 Å². The molecule has 0 aliphatic rings. The summed E-state index contributed by atoms with van der Waals surface area (Å²) >= 11 is 0. The highest BCUT2D eigenvalue weighted by atomic mass is 16.5. The molecule has 0 saturated heterocycles. The van der Waals surface area contributed by atoms with Gasteiger partial charge in [0.05, 0.1) is 26.7 Å². The Morgan fingerprint density at radius 3 is 2.21 bits per heavy atom. The lowest BCUT2D eigenvalue weighted by molar-refractivity contribution is -0.143. The third kappa shape index (κ3) is 7.40. The molecule has 0 aromatic rings. The Bertz CT molecular complexity index is 319. The minimum atomic E-state index is -0.380. The zero-order valence-electron chi connectivity index (χ0n) is 12.0. The van der Waals surface area contributed by atoms with Crippen LogP contribution >= 0.6 is 0 Å². The van der Waals surface area contributed by atoms with Crippen LogP contribution in [-0.4, -0.2) is 75.1 Å². The fourth-order valence-corrected chi connectivity index (χ4v) is 1.31. The van der Waals surface area contributed by atoms with E-state index in [1.807, 2.05) is 0 Å². The van der Waals surface area contributed by atoms with E-state index in [1.165, 1.54) is 30.9 Å². The molecule has 0 aliphatic heterocycles. The van der Waals surface area contributed by atoms with Crippen molar-refractivity contribution in [3.8, 4) is 0 Å². The number of nitrogens with zero attached hydrogens (tertiary/aromatic N) is 2. The van der Waals surface area contributed by atoms with Crippen LogP contribution in [0.3, 0.4) is 0 Å². The predicted molar refractivity (Wildman–Crippen MR) is 68.4 cm³/mol. The summed E-state index contributed by atoms with van der Waals surface area (Å²) in [6.45, 7) is 2.37. The third-order valence-electron chi connectivity index (χ3n) is 2.64. The first-order valence-corrected chi connectivity index (χ1v) is 5.97. The molecular formula is C12H22N2O5. The van der Waals surface area contributed by atoms with E-state index < -0.39 is 0 Å². The van der Waals surface area contributed by atoms with Crippen molar-refractivity contribution < 1.29 is 23.9 Å². The van der Waals surface area contributed by atoms with E-state index >= 15 is 0 Å². The number of amides is 2. The first-order valence-electron chi connectivity index (χ1n) is 5.97. The maximum atomic E-state index is 12.0. The van der Waals surface area contributed by atoms with Gasteiger partial charge in [0.25, 0.3) is 0 Å². The van der Waals surface area contributed by atoms with Crippen LogP contribution in [0.5, 0.6) is 0 Å². The smallest absolute Gasteiger partial charge is 0.307 e. The highest BCUT2D eigenvalue weighted by Gasteiger charge is 2.17. The molecule has 0 fully saturated rings. The number of ether oxygens (including phenoxy) is 2.